The molecule has 0 radical (unpaired) electrons. The largest absolute Gasteiger partial charge is 0.326 e. The molecule has 1 aromatic heterocycles. The summed E-state index contributed by atoms with van der Waals surface area (Å²) in [5.41, 5.74) is 6.47. The Labute approximate surface area is 130 Å². The van der Waals surface area contributed by atoms with Crippen LogP contribution in [0.15, 0.2) is 36.7 Å². The van der Waals surface area contributed by atoms with Crippen molar-refractivity contribution in [3.63, 3.8) is 0 Å². The second kappa shape index (κ2) is 7.84. The minimum atomic E-state index is 0.564. The number of aryl methyl sites for hydroxylation is 1. The van der Waals surface area contributed by atoms with Gasteiger partial charge in [0.2, 0.25) is 0 Å². The van der Waals surface area contributed by atoms with Gasteiger partial charge in [0.15, 0.2) is 0 Å². The number of halogens is 1. The molecule has 1 heterocycles. The second-order valence-electron chi connectivity index (χ2n) is 4.48. The van der Waals surface area contributed by atoms with E-state index < -0.39 is 0 Å². The van der Waals surface area contributed by atoms with E-state index in [1.165, 1.54) is 3.80 Å². The van der Waals surface area contributed by atoms with Gasteiger partial charge in [0.1, 0.15) is 0 Å². The van der Waals surface area contributed by atoms with Crippen molar-refractivity contribution in [1.29, 1.82) is 0 Å². The van der Waals surface area contributed by atoms with E-state index in [4.69, 9.17) is 17.3 Å². The molecule has 0 amide bonds. The van der Waals surface area contributed by atoms with Crippen LogP contribution in [0.25, 0.3) is 0 Å². The second-order valence-corrected chi connectivity index (χ2v) is 5.93. The van der Waals surface area contributed by atoms with Crippen molar-refractivity contribution in [3.8, 4) is 0 Å². The van der Waals surface area contributed by atoms with Crippen LogP contribution in [-0.2, 0) is 32.9 Å². The quantitative estimate of drug-likeness (QED) is 0.733. The van der Waals surface area contributed by atoms with Crippen LogP contribution in [0, 0.1) is 3.80 Å². The van der Waals surface area contributed by atoms with E-state index in [-0.39, 0.29) is 0 Å². The molecule has 0 saturated heterocycles. The number of hydrogen-bond donors (Lipinski definition) is 1. The van der Waals surface area contributed by atoms with Crippen molar-refractivity contribution in [2.45, 2.75) is 26.4 Å². The number of nitrogens with zero attached hydrogens (tertiary/aromatic N) is 2. The Morgan fingerprint density at radius 2 is 1.79 bits per heavy atom. The predicted molar refractivity (Wildman–Crippen MR) is 76.4 cm³/mol. The smallest absolute Gasteiger partial charge is 0.0406 e. The molecule has 0 aliphatic heterocycles. The van der Waals surface area contributed by atoms with Gasteiger partial charge in [0, 0.05) is 11.6 Å². The van der Waals surface area contributed by atoms with Crippen LogP contribution in [0.5, 0.6) is 0 Å². The van der Waals surface area contributed by atoms with E-state index in [1.54, 1.807) is 0 Å². The molecule has 0 aliphatic rings. The number of hydrogen-bond acceptors (Lipinski definition) is 1. The van der Waals surface area contributed by atoms with E-state index in [0.29, 0.717) is 12.6 Å². The van der Waals surface area contributed by atoms with Crippen LogP contribution >= 0.6 is 11.6 Å². The monoisotopic (exact) mass is 460 g/mol. The maximum absolute atomic E-state index is 5.63. The maximum Gasteiger partial charge on any atom is 0.0406 e. The molecule has 0 aliphatic carbocycles. The molecule has 0 spiro atoms. The van der Waals surface area contributed by atoms with Crippen LogP contribution in [0.2, 0.25) is 5.02 Å². The van der Waals surface area contributed by atoms with E-state index in [9.17, 15) is 0 Å². The summed E-state index contributed by atoms with van der Waals surface area (Å²) >= 11 is 7.95. The SMILES string of the molecule is CC(C)n1ccn(C)[c]1=[Pt].NCc1ccc(Cl)cc1. The minimum absolute atomic E-state index is 0.564. The molecule has 1 aromatic carbocycles. The summed E-state index contributed by atoms with van der Waals surface area (Å²) in [4.78, 5) is 0. The molecule has 5 heteroatoms. The standard InChI is InChI=1S/C7H8ClN.C7H12N2.Pt/c8-7-3-1-6(5-9)2-4-7;1-7(2)9-5-4-8(3)6-9;/h1-4H,5,9H2;4-5,7H,1-3H3;. The fourth-order valence-corrected chi connectivity index (χ4v) is 2.51. The van der Waals surface area contributed by atoms with Crippen LogP contribution in [0.4, 0.5) is 0 Å². The fourth-order valence-electron chi connectivity index (χ4n) is 1.46. The van der Waals surface area contributed by atoms with Gasteiger partial charge in [-0.3, -0.25) is 0 Å². The number of benzene rings is 1. The molecule has 2 N–H and O–H groups in total. The summed E-state index contributed by atoms with van der Waals surface area (Å²) < 4.78 is 5.62. The molecule has 108 valence electrons. The minimum Gasteiger partial charge on any atom is -0.326 e. The molecule has 0 atom stereocenters. The van der Waals surface area contributed by atoms with Crippen molar-refractivity contribution in [2.24, 2.45) is 12.8 Å². The first-order valence-corrected chi connectivity index (χ1v) is 7.60. The number of rotatable bonds is 2. The van der Waals surface area contributed by atoms with Crippen molar-refractivity contribution in [2.75, 3.05) is 0 Å². The Bertz CT molecular complexity index is 555. The van der Waals surface area contributed by atoms with Crippen LogP contribution < -0.4 is 5.73 Å². The van der Waals surface area contributed by atoms with E-state index >= 15 is 0 Å². The molecule has 19 heavy (non-hydrogen) atoms. The summed E-state index contributed by atoms with van der Waals surface area (Å²) in [6.07, 6.45) is 4.18. The number of nitrogens with two attached hydrogens (primary N) is 1. The first-order valence-electron chi connectivity index (χ1n) is 6.09. The number of imidazole rings is 1. The summed E-state index contributed by atoms with van der Waals surface area (Å²) in [5, 5.41) is 0.757. The molecule has 0 unspecified atom stereocenters. The third kappa shape index (κ3) is 5.10. The fraction of sp³-hybridized carbons (Fsp3) is 0.357. The van der Waals surface area contributed by atoms with Gasteiger partial charge in [-0.15, -0.1) is 0 Å². The van der Waals surface area contributed by atoms with Crippen molar-refractivity contribution in [1.82, 2.24) is 9.13 Å². The zero-order valence-corrected chi connectivity index (χ0v) is 14.4. The van der Waals surface area contributed by atoms with Crippen LogP contribution in [0.3, 0.4) is 0 Å². The molecular weight excluding hydrogens is 441 g/mol. The van der Waals surface area contributed by atoms with E-state index in [2.05, 4.69) is 61.8 Å². The summed E-state index contributed by atoms with van der Waals surface area (Å²) in [7, 11) is 2.06. The van der Waals surface area contributed by atoms with Crippen molar-refractivity contribution < 1.29 is 19.4 Å². The predicted octanol–water partition coefficient (Wildman–Crippen LogP) is 3.28. The molecule has 2 aromatic rings. The molecule has 0 fully saturated rings. The Hall–Kier alpha value is -0.632. The van der Waals surface area contributed by atoms with Gasteiger partial charge >= 0.3 is 71.6 Å². The van der Waals surface area contributed by atoms with E-state index in [1.807, 2.05) is 24.3 Å². The Morgan fingerprint density at radius 3 is 2.11 bits per heavy atom. The third-order valence-corrected chi connectivity index (χ3v) is 4.26. The van der Waals surface area contributed by atoms with E-state index in [0.717, 1.165) is 10.6 Å². The average Bonchev–Trinajstić information content (AvgIpc) is 2.72. The number of aromatic nitrogens is 2. The molecule has 3 nitrogen and oxygen atoms in total. The Kier molecular flexibility index (Phi) is 6.77. The summed E-state index contributed by atoms with van der Waals surface area (Å²) in [5.74, 6) is 0. The average molecular weight is 461 g/mol. The van der Waals surface area contributed by atoms with Gasteiger partial charge < -0.3 is 5.73 Å². The molecular formula is C14H20ClN3Pt. The topological polar surface area (TPSA) is 35.9 Å². The van der Waals surface area contributed by atoms with Gasteiger partial charge in [-0.25, -0.2) is 0 Å². The molecule has 0 bridgehead atoms. The zero-order chi connectivity index (χ0) is 14.4. The molecule has 0 saturated carbocycles. The Balaban J connectivity index is 0.000000191. The van der Waals surface area contributed by atoms with Crippen LogP contribution in [0.1, 0.15) is 25.5 Å². The normalized spacial score (nSPS) is 10.3. The Morgan fingerprint density at radius 1 is 1.21 bits per heavy atom. The van der Waals surface area contributed by atoms with Crippen LogP contribution in [-0.4, -0.2) is 9.13 Å². The van der Waals surface area contributed by atoms with Crippen molar-refractivity contribution >= 4 is 11.6 Å². The maximum atomic E-state index is 5.63. The molecule has 2 rings (SSSR count). The summed E-state index contributed by atoms with van der Waals surface area (Å²) in [6.45, 7) is 4.95. The van der Waals surface area contributed by atoms with Gasteiger partial charge in [0.25, 0.3) is 0 Å². The van der Waals surface area contributed by atoms with Gasteiger partial charge in [-0.1, -0.05) is 23.7 Å². The van der Waals surface area contributed by atoms with Crippen molar-refractivity contribution in [3.05, 3.63) is 51.0 Å². The first kappa shape index (κ1) is 16.4. The van der Waals surface area contributed by atoms with Gasteiger partial charge in [-0.2, -0.15) is 0 Å². The third-order valence-electron chi connectivity index (χ3n) is 2.62. The van der Waals surface area contributed by atoms with Gasteiger partial charge in [0.05, 0.1) is 0 Å². The first-order chi connectivity index (χ1) is 8.95. The summed E-state index contributed by atoms with van der Waals surface area (Å²) in [6, 6.07) is 8.08. The van der Waals surface area contributed by atoms with Gasteiger partial charge in [-0.05, 0) is 17.7 Å². The zero-order valence-electron chi connectivity index (χ0n) is 11.4.